The molecule has 1 saturated heterocycles. The Bertz CT molecular complexity index is 372. The van der Waals surface area contributed by atoms with Gasteiger partial charge in [0.1, 0.15) is 5.82 Å². The lowest BCUT2D eigenvalue weighted by atomic mass is 10.1. The normalized spacial score (nSPS) is 21.9. The number of hydrogen-bond acceptors (Lipinski definition) is 2. The summed E-state index contributed by atoms with van der Waals surface area (Å²) in [6.07, 6.45) is 8.00. The molecule has 1 aromatic rings. The van der Waals surface area contributed by atoms with Crippen molar-refractivity contribution in [2.75, 3.05) is 13.1 Å². The molecule has 0 aliphatic carbocycles. The molecule has 0 spiro atoms. The zero-order chi connectivity index (χ0) is 15.5. The fourth-order valence-corrected chi connectivity index (χ4v) is 2.14. The molecule has 1 aliphatic rings. The van der Waals surface area contributed by atoms with Gasteiger partial charge in [0, 0.05) is 31.7 Å². The fraction of sp³-hybridized carbons (Fsp3) is 0.529. The molecule has 0 saturated carbocycles. The van der Waals surface area contributed by atoms with Crippen LogP contribution in [-0.2, 0) is 6.54 Å². The minimum absolute atomic E-state index is 0.162. The second-order valence-electron chi connectivity index (χ2n) is 4.71. The van der Waals surface area contributed by atoms with Crippen molar-refractivity contribution < 1.29 is 4.39 Å². The lowest BCUT2D eigenvalue weighted by Gasteiger charge is -2.37. The Morgan fingerprint density at radius 1 is 1.20 bits per heavy atom. The van der Waals surface area contributed by atoms with Gasteiger partial charge in [-0.05, 0) is 31.5 Å². The smallest absolute Gasteiger partial charge is 0.123 e. The Morgan fingerprint density at radius 3 is 2.30 bits per heavy atom. The van der Waals surface area contributed by atoms with Crippen molar-refractivity contribution >= 4 is 0 Å². The van der Waals surface area contributed by atoms with E-state index in [1.54, 1.807) is 0 Å². The van der Waals surface area contributed by atoms with Crippen molar-refractivity contribution in [1.29, 1.82) is 0 Å². The first-order valence-electron chi connectivity index (χ1n) is 7.20. The van der Waals surface area contributed by atoms with Crippen molar-refractivity contribution in [3.05, 3.63) is 35.6 Å². The van der Waals surface area contributed by atoms with Crippen LogP contribution in [0.3, 0.4) is 0 Å². The van der Waals surface area contributed by atoms with E-state index < -0.39 is 0 Å². The van der Waals surface area contributed by atoms with Gasteiger partial charge in [-0.2, -0.15) is 0 Å². The van der Waals surface area contributed by atoms with Crippen LogP contribution in [0.4, 0.5) is 4.39 Å². The monoisotopic (exact) mass is 278 g/mol. The first-order valence-corrected chi connectivity index (χ1v) is 7.20. The summed E-state index contributed by atoms with van der Waals surface area (Å²) in [6.45, 7) is 11.4. The van der Waals surface area contributed by atoms with Gasteiger partial charge in [0.15, 0.2) is 0 Å². The zero-order valence-corrected chi connectivity index (χ0v) is 13.1. The Kier molecular flexibility index (Phi) is 9.71. The SMILES string of the molecule is C#C.CC.C[C@@H]1CN[C@@H](C)CN1Cc1ccc(F)cc1. The molecule has 2 atom stereocenters. The van der Waals surface area contributed by atoms with E-state index in [2.05, 4.69) is 36.9 Å². The van der Waals surface area contributed by atoms with Crippen molar-refractivity contribution in [2.45, 2.75) is 46.3 Å². The number of halogens is 1. The van der Waals surface area contributed by atoms with Gasteiger partial charge in [-0.25, -0.2) is 4.39 Å². The number of nitrogens with one attached hydrogen (secondary N) is 1. The fourth-order valence-electron chi connectivity index (χ4n) is 2.14. The standard InChI is InChI=1S/C13H19FN2.C2H6.C2H2/c1-10-8-16(11(2)7-15-10)9-12-3-5-13(14)6-4-12;2*1-2/h3-6,10-11,15H,7-9H2,1-2H3;1-2H3;1-2H/t10-,11+;;/m0../s1. The Balaban J connectivity index is 0.000000829. The van der Waals surface area contributed by atoms with Gasteiger partial charge in [0.2, 0.25) is 0 Å². The molecule has 3 heteroatoms. The van der Waals surface area contributed by atoms with Crippen LogP contribution < -0.4 is 5.32 Å². The summed E-state index contributed by atoms with van der Waals surface area (Å²) < 4.78 is 12.8. The molecule has 0 aromatic heterocycles. The van der Waals surface area contributed by atoms with Gasteiger partial charge in [-0.1, -0.05) is 26.0 Å². The molecule has 2 nitrogen and oxygen atoms in total. The van der Waals surface area contributed by atoms with E-state index in [1.807, 2.05) is 26.0 Å². The molecule has 1 heterocycles. The van der Waals surface area contributed by atoms with E-state index in [0.717, 1.165) is 19.6 Å². The van der Waals surface area contributed by atoms with E-state index in [-0.39, 0.29) is 5.82 Å². The first kappa shape index (κ1) is 18.6. The van der Waals surface area contributed by atoms with Gasteiger partial charge in [-0.15, -0.1) is 12.8 Å². The summed E-state index contributed by atoms with van der Waals surface area (Å²) in [5.74, 6) is -0.162. The minimum atomic E-state index is -0.162. The number of nitrogens with zero attached hydrogens (tertiary/aromatic N) is 1. The maximum atomic E-state index is 12.8. The second kappa shape index (κ2) is 10.4. The summed E-state index contributed by atoms with van der Waals surface area (Å²) in [7, 11) is 0. The Labute approximate surface area is 123 Å². The van der Waals surface area contributed by atoms with Crippen molar-refractivity contribution in [1.82, 2.24) is 10.2 Å². The molecule has 112 valence electrons. The molecule has 0 amide bonds. The predicted molar refractivity (Wildman–Crippen MR) is 85.0 cm³/mol. The van der Waals surface area contributed by atoms with Crippen LogP contribution in [0.5, 0.6) is 0 Å². The molecule has 0 radical (unpaired) electrons. The molecule has 0 bridgehead atoms. The molecule has 2 rings (SSSR count). The average Bonchev–Trinajstić information content (AvgIpc) is 2.49. The van der Waals surface area contributed by atoms with Crippen LogP contribution in [0.25, 0.3) is 0 Å². The van der Waals surface area contributed by atoms with E-state index in [1.165, 1.54) is 17.7 Å². The minimum Gasteiger partial charge on any atom is -0.311 e. The predicted octanol–water partition coefficient (Wildman–Crippen LogP) is 3.28. The van der Waals surface area contributed by atoms with Crippen LogP contribution >= 0.6 is 0 Å². The topological polar surface area (TPSA) is 15.3 Å². The third-order valence-corrected chi connectivity index (χ3v) is 3.19. The zero-order valence-electron chi connectivity index (χ0n) is 13.1. The van der Waals surface area contributed by atoms with E-state index in [9.17, 15) is 4.39 Å². The maximum Gasteiger partial charge on any atom is 0.123 e. The third kappa shape index (κ3) is 6.18. The largest absolute Gasteiger partial charge is 0.311 e. The number of benzene rings is 1. The highest BCUT2D eigenvalue weighted by Crippen LogP contribution is 2.12. The molecule has 0 unspecified atom stereocenters. The highest BCUT2D eigenvalue weighted by molar-refractivity contribution is 5.16. The number of terminal acetylenes is 1. The summed E-state index contributed by atoms with van der Waals surface area (Å²) in [6, 6.07) is 7.89. The summed E-state index contributed by atoms with van der Waals surface area (Å²) in [4.78, 5) is 2.44. The average molecular weight is 278 g/mol. The van der Waals surface area contributed by atoms with Crippen LogP contribution in [0.2, 0.25) is 0 Å². The van der Waals surface area contributed by atoms with Crippen LogP contribution in [0.15, 0.2) is 24.3 Å². The first-order chi connectivity index (χ1) is 9.65. The molecule has 1 fully saturated rings. The molecule has 20 heavy (non-hydrogen) atoms. The van der Waals surface area contributed by atoms with E-state index >= 15 is 0 Å². The van der Waals surface area contributed by atoms with Gasteiger partial charge >= 0.3 is 0 Å². The highest BCUT2D eigenvalue weighted by Gasteiger charge is 2.21. The quantitative estimate of drug-likeness (QED) is 0.835. The molecule has 1 aliphatic heterocycles. The number of piperazine rings is 1. The highest BCUT2D eigenvalue weighted by atomic mass is 19.1. The molecule has 1 aromatic carbocycles. The van der Waals surface area contributed by atoms with Gasteiger partial charge in [-0.3, -0.25) is 4.90 Å². The summed E-state index contributed by atoms with van der Waals surface area (Å²) in [5.41, 5.74) is 1.18. The molecular formula is C17H27FN2. The van der Waals surface area contributed by atoms with Gasteiger partial charge in [0.05, 0.1) is 0 Å². The van der Waals surface area contributed by atoms with Crippen molar-refractivity contribution in [2.24, 2.45) is 0 Å². The maximum absolute atomic E-state index is 12.8. The van der Waals surface area contributed by atoms with Gasteiger partial charge < -0.3 is 5.32 Å². The van der Waals surface area contributed by atoms with Crippen LogP contribution in [0.1, 0.15) is 33.3 Å². The second-order valence-corrected chi connectivity index (χ2v) is 4.71. The van der Waals surface area contributed by atoms with Crippen LogP contribution in [0, 0.1) is 18.7 Å². The van der Waals surface area contributed by atoms with E-state index in [4.69, 9.17) is 0 Å². The Morgan fingerprint density at radius 2 is 1.75 bits per heavy atom. The third-order valence-electron chi connectivity index (χ3n) is 3.19. The van der Waals surface area contributed by atoms with Gasteiger partial charge in [0.25, 0.3) is 0 Å². The number of hydrogen-bond donors (Lipinski definition) is 1. The Hall–Kier alpha value is -1.37. The number of rotatable bonds is 2. The molecular weight excluding hydrogens is 251 g/mol. The summed E-state index contributed by atoms with van der Waals surface area (Å²) in [5, 5.41) is 3.45. The summed E-state index contributed by atoms with van der Waals surface area (Å²) >= 11 is 0. The lowest BCUT2D eigenvalue weighted by molar-refractivity contribution is 0.139. The molecule has 1 N–H and O–H groups in total. The van der Waals surface area contributed by atoms with E-state index in [0.29, 0.717) is 12.1 Å². The van der Waals surface area contributed by atoms with Crippen LogP contribution in [-0.4, -0.2) is 30.1 Å². The lowest BCUT2D eigenvalue weighted by Crippen LogP contribution is -2.53. The van der Waals surface area contributed by atoms with Crippen molar-refractivity contribution in [3.8, 4) is 12.8 Å². The van der Waals surface area contributed by atoms with Crippen molar-refractivity contribution in [3.63, 3.8) is 0 Å².